The number of esters is 2. The fourth-order valence-electron chi connectivity index (χ4n) is 9.53. The Morgan fingerprint density at radius 2 is 0.929 bits per heavy atom. The molecule has 3 aliphatic carbocycles. The number of halogens is 1. The summed E-state index contributed by atoms with van der Waals surface area (Å²) in [5, 5.41) is 0. The van der Waals surface area contributed by atoms with Crippen LogP contribution in [-0.2, 0) is 35.3 Å². The van der Waals surface area contributed by atoms with E-state index >= 15 is 0 Å². The monoisotopic (exact) mass is 796 g/mol. The second-order valence-corrected chi connectivity index (χ2v) is 17.1. The first-order valence-corrected chi connectivity index (χ1v) is 19.8. The molecular weight excluding hydrogens is 756 g/mol. The summed E-state index contributed by atoms with van der Waals surface area (Å²) < 4.78 is 12.8. The summed E-state index contributed by atoms with van der Waals surface area (Å²) in [7, 11) is 0. The number of fused-ring (bicyclic) bond motifs is 9. The second kappa shape index (κ2) is 12.9. The molecule has 276 valence electrons. The Labute approximate surface area is 336 Å². The average Bonchev–Trinajstić information content (AvgIpc) is 3.72. The molecule has 0 saturated carbocycles. The fourth-order valence-corrected chi connectivity index (χ4v) is 10.2. The van der Waals surface area contributed by atoms with Crippen LogP contribution in [0.2, 0.25) is 0 Å². The fraction of sp³-hybridized carbons (Fsp3) is 0.176. The number of carbonyl (C=O) groups excluding carboxylic acids is 2. The lowest BCUT2D eigenvalue weighted by Gasteiger charge is -2.31. The van der Waals surface area contributed by atoms with E-state index in [0.29, 0.717) is 0 Å². The Morgan fingerprint density at radius 1 is 0.518 bits per heavy atom. The molecule has 0 aliphatic heterocycles. The van der Waals surface area contributed by atoms with Crippen molar-refractivity contribution in [3.05, 3.63) is 178 Å². The van der Waals surface area contributed by atoms with Crippen LogP contribution in [0.4, 0.5) is 0 Å². The van der Waals surface area contributed by atoms with E-state index in [9.17, 15) is 9.59 Å². The molecule has 3 aliphatic rings. The number of ether oxygens (including phenoxy) is 2. The van der Waals surface area contributed by atoms with Crippen molar-refractivity contribution in [2.24, 2.45) is 0 Å². The molecule has 0 amide bonds. The van der Waals surface area contributed by atoms with Crippen LogP contribution in [0.1, 0.15) is 61.1 Å². The van der Waals surface area contributed by atoms with E-state index in [1.807, 2.05) is 0 Å². The van der Waals surface area contributed by atoms with E-state index in [0.717, 1.165) is 61.1 Å². The van der Waals surface area contributed by atoms with E-state index in [-0.39, 0.29) is 24.0 Å². The lowest BCUT2D eigenvalue weighted by molar-refractivity contribution is -0.143. The Morgan fingerprint density at radius 3 is 1.43 bits per heavy atom. The Kier molecular flexibility index (Phi) is 8.26. The zero-order valence-corrected chi connectivity index (χ0v) is 33.5. The summed E-state index contributed by atoms with van der Waals surface area (Å²) in [6.07, 6.45) is 2.33. The molecule has 0 N–H and O–H groups in total. The molecule has 6 aromatic carbocycles. The SMILES string of the molecule is C=CC(=O)OCC1(COC(=O)C=C)c2cc(-c3ccc4c(c3)C(C)(C)c3ccccc3-4)ccc2-c2c(Br)cc(-c3ccc4c(c3)C(C)(C)c3ccccc3-4)cc21. The highest BCUT2D eigenvalue weighted by Gasteiger charge is 2.47. The third kappa shape index (κ3) is 5.24. The molecular formula is C51H41BrO4. The molecule has 0 saturated heterocycles. The lowest BCUT2D eigenvalue weighted by atomic mass is 9.77. The number of hydrogen-bond donors (Lipinski definition) is 0. The van der Waals surface area contributed by atoms with Crippen LogP contribution in [0.5, 0.6) is 0 Å². The number of benzene rings is 6. The van der Waals surface area contributed by atoms with Gasteiger partial charge in [0, 0.05) is 33.0 Å². The van der Waals surface area contributed by atoms with Gasteiger partial charge in [-0.15, -0.1) is 0 Å². The summed E-state index contributed by atoms with van der Waals surface area (Å²) in [6, 6.07) is 41.5. The van der Waals surface area contributed by atoms with E-state index in [2.05, 4.69) is 172 Å². The molecule has 0 fully saturated rings. The predicted molar refractivity (Wildman–Crippen MR) is 229 cm³/mol. The second-order valence-electron chi connectivity index (χ2n) is 16.2. The zero-order chi connectivity index (χ0) is 39.1. The largest absolute Gasteiger partial charge is 0.461 e. The van der Waals surface area contributed by atoms with Crippen molar-refractivity contribution in [2.45, 2.75) is 43.9 Å². The zero-order valence-electron chi connectivity index (χ0n) is 32.0. The van der Waals surface area contributed by atoms with Crippen LogP contribution < -0.4 is 0 Å². The quantitative estimate of drug-likeness (QED) is 0.114. The molecule has 0 unspecified atom stereocenters. The van der Waals surface area contributed by atoms with Crippen LogP contribution in [0, 0.1) is 0 Å². The molecule has 4 nitrogen and oxygen atoms in total. The molecule has 0 atom stereocenters. The lowest BCUT2D eigenvalue weighted by Crippen LogP contribution is -2.38. The van der Waals surface area contributed by atoms with Crippen LogP contribution in [0.25, 0.3) is 55.6 Å². The summed E-state index contributed by atoms with van der Waals surface area (Å²) in [5.74, 6) is -1.11. The van der Waals surface area contributed by atoms with Crippen LogP contribution in [-0.4, -0.2) is 25.2 Å². The van der Waals surface area contributed by atoms with Gasteiger partial charge in [-0.1, -0.05) is 142 Å². The first kappa shape index (κ1) is 35.9. The van der Waals surface area contributed by atoms with Gasteiger partial charge < -0.3 is 9.47 Å². The maximum atomic E-state index is 12.8. The Bertz CT molecular complexity index is 2670. The predicted octanol–water partition coefficient (Wildman–Crippen LogP) is 12.1. The van der Waals surface area contributed by atoms with Crippen LogP contribution in [0.3, 0.4) is 0 Å². The first-order valence-electron chi connectivity index (χ1n) is 19.0. The van der Waals surface area contributed by atoms with Crippen LogP contribution in [0.15, 0.2) is 145 Å². The van der Waals surface area contributed by atoms with Crippen molar-refractivity contribution >= 4 is 27.9 Å². The van der Waals surface area contributed by atoms with Crippen molar-refractivity contribution in [3.8, 4) is 55.6 Å². The third-order valence-corrected chi connectivity index (χ3v) is 13.1. The molecule has 0 bridgehead atoms. The Balaban J connectivity index is 1.22. The van der Waals surface area contributed by atoms with Crippen molar-refractivity contribution in [1.82, 2.24) is 0 Å². The molecule has 0 aromatic heterocycles. The minimum absolute atomic E-state index is 0.0688. The van der Waals surface area contributed by atoms with E-state index in [4.69, 9.17) is 9.47 Å². The number of carbonyl (C=O) groups is 2. The normalized spacial score (nSPS) is 15.4. The van der Waals surface area contributed by atoms with Crippen LogP contribution >= 0.6 is 15.9 Å². The van der Waals surface area contributed by atoms with Gasteiger partial charge in [-0.2, -0.15) is 0 Å². The molecule has 0 heterocycles. The third-order valence-electron chi connectivity index (χ3n) is 12.5. The standard InChI is InChI=1S/C51H41BrO4/c1-7-46(53)55-28-51(29-56-47(54)8-2)43-25-31(30-17-20-36-34-13-9-11-15-39(34)49(3,4)41(36)23-30)19-22-38(43)48-44(51)26-33(27-45(48)52)32-18-21-37-35-14-10-12-16-40(35)50(5,6)42(37)24-32/h7-27H,1-2,28-29H2,3-6H3. The van der Waals surface area contributed by atoms with Crippen molar-refractivity contribution in [1.29, 1.82) is 0 Å². The topological polar surface area (TPSA) is 52.6 Å². The van der Waals surface area contributed by atoms with Gasteiger partial charge in [0.05, 0.1) is 5.41 Å². The van der Waals surface area contributed by atoms with E-state index in [1.165, 1.54) is 44.5 Å². The Hall–Kier alpha value is -5.78. The van der Waals surface area contributed by atoms with Crippen molar-refractivity contribution in [3.63, 3.8) is 0 Å². The van der Waals surface area contributed by atoms with Gasteiger partial charge in [0.1, 0.15) is 13.2 Å². The summed E-state index contributed by atoms with van der Waals surface area (Å²) >= 11 is 3.99. The highest BCUT2D eigenvalue weighted by atomic mass is 79.9. The minimum atomic E-state index is -1.05. The van der Waals surface area contributed by atoms with E-state index in [1.54, 1.807) is 0 Å². The van der Waals surface area contributed by atoms with Gasteiger partial charge in [-0.3, -0.25) is 0 Å². The molecule has 5 heteroatoms. The first-order chi connectivity index (χ1) is 26.9. The number of rotatable bonds is 8. The summed E-state index contributed by atoms with van der Waals surface area (Å²) in [4.78, 5) is 25.6. The van der Waals surface area contributed by atoms with Gasteiger partial charge in [-0.05, 0) is 114 Å². The van der Waals surface area contributed by atoms with Crippen molar-refractivity contribution < 1.29 is 19.1 Å². The van der Waals surface area contributed by atoms with E-state index < -0.39 is 17.4 Å². The smallest absolute Gasteiger partial charge is 0.330 e. The van der Waals surface area contributed by atoms with Gasteiger partial charge in [0.2, 0.25) is 0 Å². The van der Waals surface area contributed by atoms with Crippen molar-refractivity contribution in [2.75, 3.05) is 13.2 Å². The minimum Gasteiger partial charge on any atom is -0.461 e. The maximum Gasteiger partial charge on any atom is 0.330 e. The van der Waals surface area contributed by atoms with Gasteiger partial charge in [0.25, 0.3) is 0 Å². The molecule has 0 spiro atoms. The molecule has 56 heavy (non-hydrogen) atoms. The summed E-state index contributed by atoms with van der Waals surface area (Å²) in [5.41, 5.74) is 16.7. The highest BCUT2D eigenvalue weighted by molar-refractivity contribution is 9.10. The van der Waals surface area contributed by atoms with Gasteiger partial charge in [-0.25, -0.2) is 9.59 Å². The molecule has 9 rings (SSSR count). The average molecular weight is 798 g/mol. The molecule has 0 radical (unpaired) electrons. The molecule has 6 aromatic rings. The number of hydrogen-bond acceptors (Lipinski definition) is 4. The maximum absolute atomic E-state index is 12.8. The van der Waals surface area contributed by atoms with Gasteiger partial charge in [0.15, 0.2) is 0 Å². The van der Waals surface area contributed by atoms with Gasteiger partial charge >= 0.3 is 11.9 Å². The highest BCUT2D eigenvalue weighted by Crippen LogP contribution is 2.56. The summed E-state index contributed by atoms with van der Waals surface area (Å²) in [6.45, 7) is 16.3.